The fourth-order valence-electron chi connectivity index (χ4n) is 2.53. The molecule has 1 N–H and O–H groups in total. The van der Waals surface area contributed by atoms with Crippen molar-refractivity contribution in [1.82, 2.24) is 0 Å². The van der Waals surface area contributed by atoms with Gasteiger partial charge in [-0.2, -0.15) is 5.10 Å². The number of anilines is 1. The Labute approximate surface area is 161 Å². The first-order chi connectivity index (χ1) is 13.0. The van der Waals surface area contributed by atoms with Gasteiger partial charge in [-0.1, -0.05) is 60.1 Å². The summed E-state index contributed by atoms with van der Waals surface area (Å²) in [6, 6.07) is 21.8. The Morgan fingerprint density at radius 1 is 1.07 bits per heavy atom. The molecule has 0 radical (unpaired) electrons. The molecule has 3 aromatic carbocycles. The van der Waals surface area contributed by atoms with E-state index in [0.29, 0.717) is 6.54 Å². The second kappa shape index (κ2) is 8.33. The van der Waals surface area contributed by atoms with Crippen molar-refractivity contribution in [3.05, 3.63) is 99.1 Å². The van der Waals surface area contributed by atoms with Crippen LogP contribution in [-0.2, 0) is 6.54 Å². The van der Waals surface area contributed by atoms with Gasteiger partial charge in [0.25, 0.3) is 0 Å². The molecule has 0 unspecified atom stereocenters. The van der Waals surface area contributed by atoms with E-state index in [1.54, 1.807) is 5.01 Å². The van der Waals surface area contributed by atoms with E-state index < -0.39 is 16.4 Å². The summed E-state index contributed by atoms with van der Waals surface area (Å²) in [5.41, 5.74) is 1.59. The van der Waals surface area contributed by atoms with Gasteiger partial charge >= 0.3 is 5.69 Å². The number of benzene rings is 3. The molecule has 0 aliphatic rings. The Morgan fingerprint density at radius 3 is 2.33 bits per heavy atom. The molecule has 3 rings (SSSR count). The number of halogens is 1. The summed E-state index contributed by atoms with van der Waals surface area (Å²) in [7, 11) is 0. The second-order valence-electron chi connectivity index (χ2n) is 5.74. The van der Waals surface area contributed by atoms with Gasteiger partial charge in [-0.25, -0.2) is 0 Å². The molecular weight excluding hydrogens is 366 g/mol. The molecule has 0 bridgehead atoms. The molecule has 27 heavy (non-hydrogen) atoms. The predicted octanol–water partition coefficient (Wildman–Crippen LogP) is 4.99. The Balaban J connectivity index is 1.96. The number of para-hydroxylation sites is 1. The number of hydrogen-bond donors (Lipinski definition) is 1. The molecule has 0 aromatic heterocycles. The smallest absolute Gasteiger partial charge is 0.312 e. The minimum atomic E-state index is -0.683. The van der Waals surface area contributed by atoms with Gasteiger partial charge in [-0.15, -0.1) is 0 Å². The highest BCUT2D eigenvalue weighted by Gasteiger charge is 2.18. The number of phenolic OH excluding ortho intramolecular Hbond substituents is 1. The van der Waals surface area contributed by atoms with Crippen LogP contribution in [0.3, 0.4) is 0 Å². The van der Waals surface area contributed by atoms with Crippen molar-refractivity contribution in [2.75, 3.05) is 5.01 Å². The largest absolute Gasteiger partial charge is 0.502 e. The van der Waals surface area contributed by atoms with Crippen LogP contribution in [0.2, 0.25) is 5.02 Å². The molecule has 0 saturated heterocycles. The van der Waals surface area contributed by atoms with Crippen molar-refractivity contribution >= 4 is 29.2 Å². The van der Waals surface area contributed by atoms with Crippen LogP contribution in [-0.4, -0.2) is 16.2 Å². The molecule has 3 aromatic rings. The standard InChI is InChI=1S/C20H16ClN3O3/c21-17-11-16(20(25)19(12-17)24(26)27)13-22-23(18-9-5-2-6-10-18)14-15-7-3-1-4-8-15/h1-13,25H,14H2/b22-13-. The second-order valence-corrected chi connectivity index (χ2v) is 6.18. The molecule has 0 saturated carbocycles. The lowest BCUT2D eigenvalue weighted by Gasteiger charge is -2.19. The van der Waals surface area contributed by atoms with E-state index in [2.05, 4.69) is 5.10 Å². The molecule has 0 spiro atoms. The summed E-state index contributed by atoms with van der Waals surface area (Å²) >= 11 is 5.94. The highest BCUT2D eigenvalue weighted by molar-refractivity contribution is 6.31. The maximum atomic E-state index is 11.1. The van der Waals surface area contributed by atoms with Gasteiger partial charge in [0.1, 0.15) is 0 Å². The van der Waals surface area contributed by atoms with Crippen molar-refractivity contribution in [2.45, 2.75) is 6.54 Å². The van der Waals surface area contributed by atoms with Crippen LogP contribution >= 0.6 is 11.6 Å². The van der Waals surface area contributed by atoms with Crippen molar-refractivity contribution in [2.24, 2.45) is 5.10 Å². The van der Waals surface area contributed by atoms with Crippen LogP contribution in [0.5, 0.6) is 5.75 Å². The molecule has 0 aliphatic heterocycles. The summed E-state index contributed by atoms with van der Waals surface area (Å²) in [5, 5.41) is 27.5. The third-order valence-corrected chi connectivity index (χ3v) is 4.06. The van der Waals surface area contributed by atoms with E-state index in [0.717, 1.165) is 17.3 Å². The molecule has 136 valence electrons. The summed E-state index contributed by atoms with van der Waals surface area (Å²) in [6.07, 6.45) is 1.37. The van der Waals surface area contributed by atoms with E-state index in [-0.39, 0.29) is 10.6 Å². The van der Waals surface area contributed by atoms with Crippen molar-refractivity contribution in [3.63, 3.8) is 0 Å². The summed E-state index contributed by atoms with van der Waals surface area (Å²) in [6.45, 7) is 0.491. The molecule has 0 atom stereocenters. The van der Waals surface area contributed by atoms with E-state index in [1.807, 2.05) is 60.7 Å². The molecule has 6 nitrogen and oxygen atoms in total. The first kappa shape index (κ1) is 18.4. The first-order valence-electron chi connectivity index (χ1n) is 8.12. The molecule has 7 heteroatoms. The highest BCUT2D eigenvalue weighted by Crippen LogP contribution is 2.32. The zero-order chi connectivity index (χ0) is 19.2. The van der Waals surface area contributed by atoms with Crippen LogP contribution < -0.4 is 5.01 Å². The Bertz CT molecular complexity index is 963. The van der Waals surface area contributed by atoms with Crippen LogP contribution in [0.4, 0.5) is 11.4 Å². The van der Waals surface area contributed by atoms with Gasteiger partial charge in [0.2, 0.25) is 5.75 Å². The number of phenols is 1. The zero-order valence-electron chi connectivity index (χ0n) is 14.2. The van der Waals surface area contributed by atoms with Crippen molar-refractivity contribution in [3.8, 4) is 5.75 Å². The Kier molecular flexibility index (Phi) is 5.68. The van der Waals surface area contributed by atoms with Gasteiger partial charge in [0.05, 0.1) is 23.4 Å². The maximum absolute atomic E-state index is 11.1. The topological polar surface area (TPSA) is 79.0 Å². The highest BCUT2D eigenvalue weighted by atomic mass is 35.5. The SMILES string of the molecule is O=[N+]([O-])c1cc(Cl)cc(/C=N\N(Cc2ccccc2)c2ccccc2)c1O. The molecule has 0 fully saturated rings. The van der Waals surface area contributed by atoms with E-state index in [1.165, 1.54) is 12.3 Å². The molecular formula is C20H16ClN3O3. The van der Waals surface area contributed by atoms with Crippen LogP contribution in [0, 0.1) is 10.1 Å². The number of rotatable bonds is 6. The average molecular weight is 382 g/mol. The van der Waals surface area contributed by atoms with Crippen molar-refractivity contribution < 1.29 is 10.0 Å². The lowest BCUT2D eigenvalue weighted by molar-refractivity contribution is -0.385. The summed E-state index contributed by atoms with van der Waals surface area (Å²) in [5.74, 6) is -0.471. The van der Waals surface area contributed by atoms with Crippen LogP contribution in [0.15, 0.2) is 77.9 Å². The monoisotopic (exact) mass is 381 g/mol. The zero-order valence-corrected chi connectivity index (χ0v) is 15.0. The van der Waals surface area contributed by atoms with Crippen LogP contribution in [0.25, 0.3) is 0 Å². The number of hydrazone groups is 1. The van der Waals surface area contributed by atoms with E-state index in [9.17, 15) is 15.2 Å². The fraction of sp³-hybridized carbons (Fsp3) is 0.0500. The van der Waals surface area contributed by atoms with Crippen molar-refractivity contribution in [1.29, 1.82) is 0 Å². The number of nitro benzene ring substituents is 1. The molecule has 0 heterocycles. The lowest BCUT2D eigenvalue weighted by Crippen LogP contribution is -2.16. The summed E-state index contributed by atoms with van der Waals surface area (Å²) in [4.78, 5) is 10.4. The number of nitrogens with zero attached hydrogens (tertiary/aromatic N) is 3. The quantitative estimate of drug-likeness (QED) is 0.370. The first-order valence-corrected chi connectivity index (χ1v) is 8.50. The maximum Gasteiger partial charge on any atom is 0.312 e. The fourth-order valence-corrected chi connectivity index (χ4v) is 2.75. The van der Waals surface area contributed by atoms with Gasteiger partial charge in [0, 0.05) is 16.7 Å². The van der Waals surface area contributed by atoms with Gasteiger partial charge in [0.15, 0.2) is 0 Å². The minimum absolute atomic E-state index is 0.148. The van der Waals surface area contributed by atoms with Crippen LogP contribution in [0.1, 0.15) is 11.1 Å². The minimum Gasteiger partial charge on any atom is -0.502 e. The predicted molar refractivity (Wildman–Crippen MR) is 106 cm³/mol. The van der Waals surface area contributed by atoms with E-state index >= 15 is 0 Å². The Morgan fingerprint density at radius 2 is 1.70 bits per heavy atom. The normalized spacial score (nSPS) is 10.9. The average Bonchev–Trinajstić information content (AvgIpc) is 2.68. The van der Waals surface area contributed by atoms with Gasteiger partial charge < -0.3 is 5.11 Å². The third kappa shape index (κ3) is 4.62. The molecule has 0 aliphatic carbocycles. The van der Waals surface area contributed by atoms with Gasteiger partial charge in [-0.05, 0) is 23.8 Å². The summed E-state index contributed by atoms with van der Waals surface area (Å²) < 4.78 is 0. The number of aromatic hydroxyl groups is 1. The number of nitro groups is 1. The number of hydrogen-bond acceptors (Lipinski definition) is 5. The van der Waals surface area contributed by atoms with Gasteiger partial charge in [-0.3, -0.25) is 15.1 Å². The Hall–Kier alpha value is -3.38. The third-order valence-electron chi connectivity index (χ3n) is 3.85. The molecule has 0 amide bonds. The van der Waals surface area contributed by atoms with E-state index in [4.69, 9.17) is 11.6 Å². The lowest BCUT2D eigenvalue weighted by atomic mass is 10.2.